The number of fused-ring (bicyclic) bond motifs is 1. The molecule has 0 bridgehead atoms. The van der Waals surface area contributed by atoms with Crippen LogP contribution in [0.25, 0.3) is 0 Å². The summed E-state index contributed by atoms with van der Waals surface area (Å²) in [5, 5.41) is 3.59. The summed E-state index contributed by atoms with van der Waals surface area (Å²) in [5.41, 5.74) is 2.83. The van der Waals surface area contributed by atoms with Gasteiger partial charge in [-0.3, -0.25) is 0 Å². The van der Waals surface area contributed by atoms with Crippen molar-refractivity contribution in [3.63, 3.8) is 0 Å². The lowest BCUT2D eigenvalue weighted by atomic mass is 9.95. The number of hydrogen-bond acceptors (Lipinski definition) is 1. The lowest BCUT2D eigenvalue weighted by Crippen LogP contribution is -2.17. The number of benzene rings is 1. The van der Waals surface area contributed by atoms with E-state index in [-0.39, 0.29) is 0 Å². The minimum atomic E-state index is 0.655. The molecule has 2 atom stereocenters. The van der Waals surface area contributed by atoms with Crippen LogP contribution < -0.4 is 5.32 Å². The third-order valence-corrected chi connectivity index (χ3v) is 3.00. The van der Waals surface area contributed by atoms with Crippen molar-refractivity contribution in [1.82, 2.24) is 0 Å². The van der Waals surface area contributed by atoms with Gasteiger partial charge in [-0.2, -0.15) is 0 Å². The normalized spacial score (nSPS) is 25.4. The van der Waals surface area contributed by atoms with Crippen molar-refractivity contribution >= 4 is 5.69 Å². The van der Waals surface area contributed by atoms with E-state index in [9.17, 15) is 0 Å². The van der Waals surface area contributed by atoms with Crippen LogP contribution in [-0.4, -0.2) is 6.04 Å². The Morgan fingerprint density at radius 3 is 2.77 bits per heavy atom. The minimum absolute atomic E-state index is 0.655. The van der Waals surface area contributed by atoms with Crippen molar-refractivity contribution in [1.29, 1.82) is 0 Å². The molecular formula is C12H17N. The first-order chi connectivity index (χ1) is 6.33. The van der Waals surface area contributed by atoms with Crippen LogP contribution in [0.5, 0.6) is 0 Å². The fourth-order valence-corrected chi connectivity index (χ4v) is 2.20. The standard InChI is InChI=1S/C12H17N/c1-3-6-11-9(2)10-7-4-5-8-12(10)13-11/h4-5,7-9,11,13H,3,6H2,1-2H3/t9-,11-/m1/s1. The lowest BCUT2D eigenvalue weighted by Gasteiger charge is -2.14. The summed E-state index contributed by atoms with van der Waals surface area (Å²) in [5.74, 6) is 0.677. The fourth-order valence-electron chi connectivity index (χ4n) is 2.20. The zero-order valence-corrected chi connectivity index (χ0v) is 8.38. The molecule has 1 aromatic rings. The Hall–Kier alpha value is -0.980. The topological polar surface area (TPSA) is 12.0 Å². The predicted molar refractivity (Wildman–Crippen MR) is 57.2 cm³/mol. The molecule has 1 N–H and O–H groups in total. The molecule has 1 aromatic carbocycles. The maximum atomic E-state index is 3.59. The van der Waals surface area contributed by atoms with Crippen molar-refractivity contribution in [2.45, 2.75) is 38.6 Å². The van der Waals surface area contributed by atoms with Crippen LogP contribution >= 0.6 is 0 Å². The van der Waals surface area contributed by atoms with E-state index >= 15 is 0 Å². The van der Waals surface area contributed by atoms with E-state index in [4.69, 9.17) is 0 Å². The van der Waals surface area contributed by atoms with Crippen LogP contribution in [0.3, 0.4) is 0 Å². The van der Waals surface area contributed by atoms with Crippen LogP contribution in [-0.2, 0) is 0 Å². The smallest absolute Gasteiger partial charge is 0.0378 e. The lowest BCUT2D eigenvalue weighted by molar-refractivity contribution is 0.581. The second kappa shape index (κ2) is 3.41. The highest BCUT2D eigenvalue weighted by Gasteiger charge is 2.26. The minimum Gasteiger partial charge on any atom is -0.381 e. The van der Waals surface area contributed by atoms with Gasteiger partial charge in [0.15, 0.2) is 0 Å². The van der Waals surface area contributed by atoms with Gasteiger partial charge in [0.05, 0.1) is 0 Å². The Kier molecular flexibility index (Phi) is 2.26. The van der Waals surface area contributed by atoms with Crippen molar-refractivity contribution < 1.29 is 0 Å². The van der Waals surface area contributed by atoms with Crippen LogP contribution in [0.2, 0.25) is 0 Å². The summed E-state index contributed by atoms with van der Waals surface area (Å²) in [7, 11) is 0. The molecule has 0 saturated heterocycles. The van der Waals surface area contributed by atoms with E-state index in [1.165, 1.54) is 24.1 Å². The van der Waals surface area contributed by atoms with Crippen LogP contribution in [0.4, 0.5) is 5.69 Å². The quantitative estimate of drug-likeness (QED) is 0.726. The largest absolute Gasteiger partial charge is 0.381 e. The second-order valence-corrected chi connectivity index (χ2v) is 3.92. The van der Waals surface area contributed by atoms with Crippen LogP contribution in [0, 0.1) is 0 Å². The van der Waals surface area contributed by atoms with E-state index < -0.39 is 0 Å². The predicted octanol–water partition coefficient (Wildman–Crippen LogP) is 3.38. The Balaban J connectivity index is 2.22. The molecular weight excluding hydrogens is 158 g/mol. The zero-order chi connectivity index (χ0) is 9.26. The Morgan fingerprint density at radius 1 is 1.31 bits per heavy atom. The number of anilines is 1. The van der Waals surface area contributed by atoms with Gasteiger partial charge in [-0.05, 0) is 18.1 Å². The molecule has 1 heteroatoms. The first kappa shape index (κ1) is 8.61. The third kappa shape index (κ3) is 1.43. The first-order valence-corrected chi connectivity index (χ1v) is 5.18. The summed E-state index contributed by atoms with van der Waals surface area (Å²) in [4.78, 5) is 0. The molecule has 70 valence electrons. The van der Waals surface area contributed by atoms with Gasteiger partial charge < -0.3 is 5.32 Å². The van der Waals surface area contributed by atoms with Gasteiger partial charge in [0.25, 0.3) is 0 Å². The van der Waals surface area contributed by atoms with Gasteiger partial charge >= 0.3 is 0 Å². The zero-order valence-electron chi connectivity index (χ0n) is 8.38. The number of nitrogens with one attached hydrogen (secondary N) is 1. The molecule has 0 radical (unpaired) electrons. The number of hydrogen-bond donors (Lipinski definition) is 1. The van der Waals surface area contributed by atoms with E-state index in [1.54, 1.807) is 0 Å². The number of rotatable bonds is 2. The average Bonchev–Trinajstić information content (AvgIpc) is 2.46. The van der Waals surface area contributed by atoms with E-state index in [0.29, 0.717) is 12.0 Å². The summed E-state index contributed by atoms with van der Waals surface area (Å²) >= 11 is 0. The monoisotopic (exact) mass is 175 g/mol. The highest BCUT2D eigenvalue weighted by Crippen LogP contribution is 2.36. The van der Waals surface area contributed by atoms with Crippen molar-refractivity contribution in [2.75, 3.05) is 5.32 Å². The highest BCUT2D eigenvalue weighted by molar-refractivity contribution is 5.58. The number of para-hydroxylation sites is 1. The average molecular weight is 175 g/mol. The molecule has 0 unspecified atom stereocenters. The fraction of sp³-hybridized carbons (Fsp3) is 0.500. The Morgan fingerprint density at radius 2 is 2.08 bits per heavy atom. The molecule has 13 heavy (non-hydrogen) atoms. The van der Waals surface area contributed by atoms with Crippen molar-refractivity contribution in [3.8, 4) is 0 Å². The molecule has 0 fully saturated rings. The van der Waals surface area contributed by atoms with Gasteiger partial charge in [-0.25, -0.2) is 0 Å². The molecule has 1 nitrogen and oxygen atoms in total. The van der Waals surface area contributed by atoms with Gasteiger partial charge in [0.2, 0.25) is 0 Å². The van der Waals surface area contributed by atoms with Gasteiger partial charge in [0.1, 0.15) is 0 Å². The van der Waals surface area contributed by atoms with Gasteiger partial charge in [-0.1, -0.05) is 38.5 Å². The summed E-state index contributed by atoms with van der Waals surface area (Å²) in [6.07, 6.45) is 2.53. The Bertz CT molecular complexity index is 293. The van der Waals surface area contributed by atoms with Gasteiger partial charge in [-0.15, -0.1) is 0 Å². The first-order valence-electron chi connectivity index (χ1n) is 5.18. The molecule has 0 aromatic heterocycles. The summed E-state index contributed by atoms with van der Waals surface area (Å²) in [6, 6.07) is 9.31. The summed E-state index contributed by atoms with van der Waals surface area (Å²) in [6.45, 7) is 4.57. The summed E-state index contributed by atoms with van der Waals surface area (Å²) < 4.78 is 0. The van der Waals surface area contributed by atoms with E-state index in [0.717, 1.165) is 0 Å². The third-order valence-electron chi connectivity index (χ3n) is 3.00. The Labute approximate surface area is 80.2 Å². The van der Waals surface area contributed by atoms with Crippen LogP contribution in [0.1, 0.15) is 38.2 Å². The van der Waals surface area contributed by atoms with Crippen molar-refractivity contribution in [3.05, 3.63) is 29.8 Å². The molecule has 1 aliphatic rings. The molecule has 1 heterocycles. The molecule has 0 aliphatic carbocycles. The molecule has 0 spiro atoms. The molecule has 1 aliphatic heterocycles. The highest BCUT2D eigenvalue weighted by atomic mass is 15.0. The van der Waals surface area contributed by atoms with Crippen molar-refractivity contribution in [2.24, 2.45) is 0 Å². The molecule has 2 rings (SSSR count). The molecule has 0 amide bonds. The van der Waals surface area contributed by atoms with Crippen LogP contribution in [0.15, 0.2) is 24.3 Å². The van der Waals surface area contributed by atoms with E-state index in [1.807, 2.05) is 0 Å². The maximum absolute atomic E-state index is 3.59. The molecule has 0 saturated carbocycles. The second-order valence-electron chi connectivity index (χ2n) is 3.92. The van der Waals surface area contributed by atoms with Gasteiger partial charge in [0, 0.05) is 17.6 Å². The SMILES string of the molecule is CCC[C@H]1Nc2ccccc2[C@H]1C. The maximum Gasteiger partial charge on any atom is 0.0378 e. The van der Waals surface area contributed by atoms with E-state index in [2.05, 4.69) is 43.4 Å².